The van der Waals surface area contributed by atoms with Crippen LogP contribution >= 0.6 is 0 Å². The Bertz CT molecular complexity index is 776. The van der Waals surface area contributed by atoms with Gasteiger partial charge in [0.2, 0.25) is 21.8 Å². The number of carbonyl (C=O) groups excluding carboxylic acids is 2. The number of piperazine rings is 1. The van der Waals surface area contributed by atoms with Crippen LogP contribution in [-0.4, -0.2) is 60.9 Å². The summed E-state index contributed by atoms with van der Waals surface area (Å²) in [6, 6.07) is 7.78. The van der Waals surface area contributed by atoms with Crippen molar-refractivity contribution in [3.63, 3.8) is 0 Å². The van der Waals surface area contributed by atoms with E-state index in [0.29, 0.717) is 19.5 Å². The van der Waals surface area contributed by atoms with Gasteiger partial charge in [0.15, 0.2) is 0 Å². The van der Waals surface area contributed by atoms with Gasteiger partial charge in [0.1, 0.15) is 5.54 Å². The monoisotopic (exact) mass is 381 g/mol. The second kappa shape index (κ2) is 7.75. The highest BCUT2D eigenvalue weighted by Crippen LogP contribution is 2.25. The molecule has 1 saturated heterocycles. The molecular weight excluding hydrogens is 354 g/mol. The Kier molecular flexibility index (Phi) is 6.08. The first-order valence-electron chi connectivity index (χ1n) is 8.67. The van der Waals surface area contributed by atoms with Gasteiger partial charge in [-0.25, -0.2) is 8.42 Å². The van der Waals surface area contributed by atoms with E-state index in [0.717, 1.165) is 21.7 Å². The lowest BCUT2D eigenvalue weighted by molar-refractivity contribution is -0.152. The lowest BCUT2D eigenvalue weighted by Crippen LogP contribution is -2.69. The molecule has 0 bridgehead atoms. The zero-order valence-corrected chi connectivity index (χ0v) is 16.6. The van der Waals surface area contributed by atoms with Crippen molar-refractivity contribution in [3.8, 4) is 0 Å². The summed E-state index contributed by atoms with van der Waals surface area (Å²) in [4.78, 5) is 26.9. The molecule has 0 spiro atoms. The Labute approximate surface area is 155 Å². The molecule has 1 aromatic carbocycles. The summed E-state index contributed by atoms with van der Waals surface area (Å²) in [6.45, 7) is 5.99. The normalized spacial score (nSPS) is 21.7. The summed E-state index contributed by atoms with van der Waals surface area (Å²) >= 11 is 0. The van der Waals surface area contributed by atoms with Crippen LogP contribution in [0.5, 0.6) is 0 Å². The van der Waals surface area contributed by atoms with Crippen LogP contribution in [0.3, 0.4) is 0 Å². The van der Waals surface area contributed by atoms with Crippen LogP contribution in [0.25, 0.3) is 0 Å². The average Bonchev–Trinajstić information content (AvgIpc) is 2.56. The number of amides is 2. The van der Waals surface area contributed by atoms with Gasteiger partial charge in [-0.05, 0) is 25.8 Å². The summed E-state index contributed by atoms with van der Waals surface area (Å²) in [5.41, 5.74) is 0.832. The molecule has 1 N–H and O–H groups in total. The summed E-state index contributed by atoms with van der Waals surface area (Å²) in [5.74, 6) is -0.704. The van der Waals surface area contributed by atoms with Crippen molar-refractivity contribution in [2.45, 2.75) is 39.3 Å². The quantitative estimate of drug-likeness (QED) is 0.793. The predicted molar refractivity (Wildman–Crippen MR) is 99.9 cm³/mol. The van der Waals surface area contributed by atoms with E-state index in [1.807, 2.05) is 38.1 Å². The van der Waals surface area contributed by atoms with Crippen molar-refractivity contribution in [3.05, 3.63) is 35.4 Å². The molecular formula is C18H27N3O4S. The molecule has 1 aliphatic heterocycles. The summed E-state index contributed by atoms with van der Waals surface area (Å²) in [7, 11) is -3.57. The smallest absolute Gasteiger partial charge is 0.247 e. The van der Waals surface area contributed by atoms with Gasteiger partial charge in [0.05, 0.1) is 12.8 Å². The largest absolute Gasteiger partial charge is 0.350 e. The fourth-order valence-electron chi connectivity index (χ4n) is 3.10. The third-order valence-corrected chi connectivity index (χ3v) is 5.87. The maximum atomic E-state index is 12.9. The fraction of sp³-hybridized carbons (Fsp3) is 0.556. The topological polar surface area (TPSA) is 86.8 Å². The molecule has 0 aliphatic carbocycles. The first kappa shape index (κ1) is 20.4. The first-order chi connectivity index (χ1) is 12.1. The highest BCUT2D eigenvalue weighted by molar-refractivity contribution is 7.88. The average molecular weight is 381 g/mol. The van der Waals surface area contributed by atoms with Gasteiger partial charge in [-0.2, -0.15) is 4.31 Å². The van der Waals surface area contributed by atoms with Crippen molar-refractivity contribution >= 4 is 21.8 Å². The minimum atomic E-state index is -3.57. The minimum absolute atomic E-state index is 0.0443. The molecule has 26 heavy (non-hydrogen) atoms. The number of sulfonamides is 1. The minimum Gasteiger partial charge on any atom is -0.350 e. The zero-order valence-electron chi connectivity index (χ0n) is 15.8. The van der Waals surface area contributed by atoms with Crippen LogP contribution in [0, 0.1) is 6.92 Å². The van der Waals surface area contributed by atoms with E-state index in [2.05, 4.69) is 5.32 Å². The molecule has 1 atom stereocenters. The van der Waals surface area contributed by atoms with Crippen molar-refractivity contribution < 1.29 is 18.0 Å². The Morgan fingerprint density at radius 1 is 1.27 bits per heavy atom. The number of carbonyl (C=O) groups is 2. The number of nitrogens with one attached hydrogen (secondary N) is 1. The zero-order chi connectivity index (χ0) is 19.5. The van der Waals surface area contributed by atoms with Gasteiger partial charge in [-0.15, -0.1) is 0 Å². The van der Waals surface area contributed by atoms with Crippen LogP contribution in [0.4, 0.5) is 0 Å². The van der Waals surface area contributed by atoms with Crippen molar-refractivity contribution in [1.29, 1.82) is 0 Å². The molecule has 0 aromatic heterocycles. The molecule has 2 rings (SSSR count). The molecule has 0 saturated carbocycles. The van der Waals surface area contributed by atoms with Crippen LogP contribution in [0.15, 0.2) is 24.3 Å². The summed E-state index contributed by atoms with van der Waals surface area (Å²) in [6.07, 6.45) is 1.74. The lowest BCUT2D eigenvalue weighted by Gasteiger charge is -2.46. The molecule has 0 unspecified atom stereocenters. The van der Waals surface area contributed by atoms with Gasteiger partial charge < -0.3 is 10.2 Å². The van der Waals surface area contributed by atoms with Crippen LogP contribution in [-0.2, 0) is 26.2 Å². The maximum Gasteiger partial charge on any atom is 0.247 e. The Morgan fingerprint density at radius 3 is 2.42 bits per heavy atom. The molecule has 0 radical (unpaired) electrons. The van der Waals surface area contributed by atoms with Crippen molar-refractivity contribution in [2.75, 3.05) is 25.9 Å². The van der Waals surface area contributed by atoms with Crippen molar-refractivity contribution in [2.24, 2.45) is 0 Å². The molecule has 1 aliphatic rings. The van der Waals surface area contributed by atoms with E-state index in [9.17, 15) is 18.0 Å². The molecule has 7 nitrogen and oxygen atoms in total. The maximum absolute atomic E-state index is 12.9. The fourth-order valence-corrected chi connectivity index (χ4v) is 3.93. The van der Waals surface area contributed by atoms with Crippen LogP contribution in [0.1, 0.15) is 31.4 Å². The second-order valence-electron chi connectivity index (χ2n) is 7.02. The highest BCUT2D eigenvalue weighted by atomic mass is 32.2. The third-order valence-electron chi connectivity index (χ3n) is 4.67. The van der Waals surface area contributed by atoms with E-state index in [-0.39, 0.29) is 24.9 Å². The molecule has 144 valence electrons. The molecule has 2 amide bonds. The molecule has 1 aromatic rings. The van der Waals surface area contributed by atoms with Gasteiger partial charge in [-0.1, -0.05) is 36.8 Å². The summed E-state index contributed by atoms with van der Waals surface area (Å²) < 4.78 is 25.0. The predicted octanol–water partition coefficient (Wildman–Crippen LogP) is 0.884. The second-order valence-corrected chi connectivity index (χ2v) is 9.00. The molecule has 1 fully saturated rings. The van der Waals surface area contributed by atoms with Gasteiger partial charge >= 0.3 is 0 Å². The van der Waals surface area contributed by atoms with Gasteiger partial charge in [0.25, 0.3) is 0 Å². The lowest BCUT2D eigenvalue weighted by atomic mass is 9.95. The number of rotatable bonds is 6. The number of nitrogens with zero attached hydrogens (tertiary/aromatic N) is 2. The van der Waals surface area contributed by atoms with Gasteiger partial charge in [0, 0.05) is 19.6 Å². The SMILES string of the molecule is CCCN1C(=O)CN(S(C)(=O)=O)C[C@@]1(C)C(=O)NCc1ccc(C)cc1. The van der Waals surface area contributed by atoms with E-state index < -0.39 is 15.6 Å². The Hall–Kier alpha value is -1.93. The number of hydrogen-bond donors (Lipinski definition) is 1. The first-order valence-corrected chi connectivity index (χ1v) is 10.5. The Morgan fingerprint density at radius 2 is 1.88 bits per heavy atom. The van der Waals surface area contributed by atoms with E-state index in [4.69, 9.17) is 0 Å². The standard InChI is InChI=1S/C18H27N3O4S/c1-5-10-21-16(22)12-20(26(4,24)25)13-18(21,3)17(23)19-11-15-8-6-14(2)7-9-15/h6-9H,5,10-13H2,1-4H3,(H,19,23)/t18-/m0/s1. The van der Waals surface area contributed by atoms with Crippen molar-refractivity contribution in [1.82, 2.24) is 14.5 Å². The van der Waals surface area contributed by atoms with Gasteiger partial charge in [-0.3, -0.25) is 9.59 Å². The number of hydrogen-bond acceptors (Lipinski definition) is 4. The van der Waals surface area contributed by atoms with Crippen LogP contribution in [0.2, 0.25) is 0 Å². The number of benzene rings is 1. The number of aryl methyl sites for hydroxylation is 1. The van der Waals surface area contributed by atoms with E-state index in [1.165, 1.54) is 4.90 Å². The third kappa shape index (κ3) is 4.42. The molecule has 8 heteroatoms. The Balaban J connectivity index is 2.22. The summed E-state index contributed by atoms with van der Waals surface area (Å²) in [5, 5.41) is 2.86. The van der Waals surface area contributed by atoms with E-state index in [1.54, 1.807) is 6.92 Å². The highest BCUT2D eigenvalue weighted by Gasteiger charge is 2.48. The molecule has 1 heterocycles. The van der Waals surface area contributed by atoms with E-state index >= 15 is 0 Å². The van der Waals surface area contributed by atoms with Crippen LogP contribution < -0.4 is 5.32 Å².